The lowest BCUT2D eigenvalue weighted by atomic mass is 9.99. The van der Waals surface area contributed by atoms with Crippen molar-refractivity contribution in [2.45, 2.75) is 64.9 Å². The molecule has 0 amide bonds. The van der Waals surface area contributed by atoms with Crippen molar-refractivity contribution in [3.63, 3.8) is 0 Å². The highest BCUT2D eigenvalue weighted by molar-refractivity contribution is 4.77. The smallest absolute Gasteiger partial charge is 0.0545 e. The predicted molar refractivity (Wildman–Crippen MR) is 63.4 cm³/mol. The highest BCUT2D eigenvalue weighted by Gasteiger charge is 2.06. The Kier molecular flexibility index (Phi) is 7.79. The average Bonchev–Trinajstić information content (AvgIpc) is 2.25. The summed E-state index contributed by atoms with van der Waals surface area (Å²) in [4.78, 5) is 0. The van der Waals surface area contributed by atoms with Crippen LogP contribution in [0.15, 0.2) is 12.7 Å². The number of unbranched alkanes of at least 4 members (excludes halogenated alkanes) is 4. The van der Waals surface area contributed by atoms with Gasteiger partial charge in [-0.3, -0.25) is 0 Å². The first-order valence-corrected chi connectivity index (χ1v) is 5.84. The molecule has 0 aliphatic rings. The van der Waals surface area contributed by atoms with Crippen molar-refractivity contribution in [3.8, 4) is 0 Å². The third-order valence-corrected chi connectivity index (χ3v) is 2.55. The zero-order valence-electron chi connectivity index (χ0n) is 10.5. The van der Waals surface area contributed by atoms with E-state index in [2.05, 4.69) is 13.5 Å². The van der Waals surface area contributed by atoms with Crippen LogP contribution in [0.4, 0.5) is 0 Å². The third kappa shape index (κ3) is 8.31. The molecule has 0 fully saturated rings. The molecule has 1 heteroatoms. The Bertz CT molecular complexity index is 147. The Morgan fingerprint density at radius 3 is 2.64 bits per heavy atom. The fraction of sp³-hybridized carbons (Fsp3) is 0.846. The Balaban J connectivity index is 3.39. The Labute approximate surface area is 90.6 Å². The molecule has 0 saturated heterocycles. The summed E-state index contributed by atoms with van der Waals surface area (Å²) in [6.07, 6.45) is 9.33. The van der Waals surface area contributed by atoms with E-state index in [1.54, 1.807) is 6.08 Å². The number of hydrogen-bond acceptors (Lipinski definition) is 1. The van der Waals surface area contributed by atoms with Gasteiger partial charge in [0.1, 0.15) is 0 Å². The first-order chi connectivity index (χ1) is 7.24. The molecule has 0 aromatic rings. The number of allylic oxidation sites excluding steroid dienone is 1. The van der Waals surface area contributed by atoms with Gasteiger partial charge in [-0.1, -0.05) is 52.0 Å². The monoisotopic (exact) mass is 199 g/mol. The van der Waals surface area contributed by atoms with Gasteiger partial charge in [0.05, 0.1) is 6.10 Å². The summed E-state index contributed by atoms with van der Waals surface area (Å²) in [7, 11) is 0. The van der Waals surface area contributed by atoms with Gasteiger partial charge in [-0.15, -0.1) is 6.58 Å². The van der Waals surface area contributed by atoms with Crippen LogP contribution in [0.3, 0.4) is 0 Å². The van der Waals surface area contributed by atoms with Gasteiger partial charge in [0, 0.05) is 1.37 Å². The van der Waals surface area contributed by atoms with Gasteiger partial charge < -0.3 is 5.11 Å². The molecule has 0 aromatic heterocycles. The Hall–Kier alpha value is -0.300. The zero-order chi connectivity index (χ0) is 11.5. The van der Waals surface area contributed by atoms with Crippen LogP contribution in [0.2, 0.25) is 0 Å². The molecule has 14 heavy (non-hydrogen) atoms. The van der Waals surface area contributed by atoms with Crippen molar-refractivity contribution in [1.29, 1.82) is 0 Å². The summed E-state index contributed by atoms with van der Waals surface area (Å²) >= 11 is 0. The van der Waals surface area contributed by atoms with Crippen LogP contribution in [0.25, 0.3) is 0 Å². The van der Waals surface area contributed by atoms with Crippen LogP contribution < -0.4 is 0 Å². The highest BCUT2D eigenvalue weighted by Crippen LogP contribution is 2.13. The third-order valence-electron chi connectivity index (χ3n) is 2.55. The van der Waals surface area contributed by atoms with E-state index in [0.29, 0.717) is 13.3 Å². The van der Waals surface area contributed by atoms with Gasteiger partial charge in [-0.05, 0) is 18.8 Å². The summed E-state index contributed by atoms with van der Waals surface area (Å²) in [6, 6.07) is 0. The standard InChI is InChI=1S/C13H26O/c1-4-6-7-8-9-10-13(14)11-12(3)5-2/h5,12-14H,2,4,6-11H2,1,3H3/i3D. The lowest BCUT2D eigenvalue weighted by Gasteiger charge is -2.12. The summed E-state index contributed by atoms with van der Waals surface area (Å²) in [5, 5.41) is 9.71. The van der Waals surface area contributed by atoms with E-state index in [4.69, 9.17) is 1.37 Å². The molecule has 2 atom stereocenters. The lowest BCUT2D eigenvalue weighted by molar-refractivity contribution is 0.140. The number of aliphatic hydroxyl groups excluding tert-OH is 1. The van der Waals surface area contributed by atoms with Gasteiger partial charge in [0.15, 0.2) is 0 Å². The van der Waals surface area contributed by atoms with E-state index in [9.17, 15) is 5.11 Å². The topological polar surface area (TPSA) is 20.2 Å². The molecule has 0 radical (unpaired) electrons. The number of aliphatic hydroxyl groups is 1. The van der Waals surface area contributed by atoms with Crippen LogP contribution in [0.5, 0.6) is 0 Å². The normalized spacial score (nSPS) is 16.0. The fourth-order valence-corrected chi connectivity index (χ4v) is 1.55. The van der Waals surface area contributed by atoms with Gasteiger partial charge >= 0.3 is 0 Å². The first-order valence-electron chi connectivity index (χ1n) is 6.55. The van der Waals surface area contributed by atoms with Gasteiger partial charge in [-0.2, -0.15) is 0 Å². The molecule has 0 aliphatic carbocycles. The number of hydrogen-bond donors (Lipinski definition) is 1. The number of rotatable bonds is 9. The lowest BCUT2D eigenvalue weighted by Crippen LogP contribution is -2.10. The van der Waals surface area contributed by atoms with E-state index in [-0.39, 0.29) is 12.0 Å². The fourth-order valence-electron chi connectivity index (χ4n) is 1.55. The van der Waals surface area contributed by atoms with Crippen LogP contribution in [-0.4, -0.2) is 11.2 Å². The molecular weight excluding hydrogens is 172 g/mol. The SMILES string of the molecule is [2H]CC(C=C)CC(O)CCCCCCC. The largest absolute Gasteiger partial charge is 0.393 e. The van der Waals surface area contributed by atoms with Gasteiger partial charge in [-0.25, -0.2) is 0 Å². The Morgan fingerprint density at radius 1 is 1.36 bits per heavy atom. The van der Waals surface area contributed by atoms with Crippen molar-refractivity contribution in [3.05, 3.63) is 12.7 Å². The predicted octanol–water partition coefficient (Wildman–Crippen LogP) is 3.92. The second-order valence-corrected chi connectivity index (χ2v) is 4.09. The van der Waals surface area contributed by atoms with Crippen molar-refractivity contribution >= 4 is 0 Å². The van der Waals surface area contributed by atoms with Crippen molar-refractivity contribution in [2.24, 2.45) is 5.92 Å². The van der Waals surface area contributed by atoms with Crippen LogP contribution in [-0.2, 0) is 0 Å². The van der Waals surface area contributed by atoms with Crippen LogP contribution in [0, 0.1) is 5.92 Å². The molecule has 84 valence electrons. The minimum Gasteiger partial charge on any atom is -0.393 e. The first kappa shape index (κ1) is 11.8. The maximum absolute atomic E-state index is 9.71. The average molecular weight is 199 g/mol. The molecule has 1 N–H and O–H groups in total. The molecule has 0 heterocycles. The molecule has 0 bridgehead atoms. The van der Waals surface area contributed by atoms with E-state index in [1.165, 1.54) is 25.7 Å². The molecular formula is C13H26O. The van der Waals surface area contributed by atoms with E-state index in [0.717, 1.165) is 12.8 Å². The van der Waals surface area contributed by atoms with Crippen molar-refractivity contribution in [1.82, 2.24) is 0 Å². The van der Waals surface area contributed by atoms with Crippen molar-refractivity contribution in [2.75, 3.05) is 0 Å². The Morgan fingerprint density at radius 2 is 2.07 bits per heavy atom. The molecule has 0 rings (SSSR count). The second-order valence-electron chi connectivity index (χ2n) is 4.09. The van der Waals surface area contributed by atoms with E-state index < -0.39 is 0 Å². The van der Waals surface area contributed by atoms with E-state index >= 15 is 0 Å². The minimum atomic E-state index is -0.236. The summed E-state index contributed by atoms with van der Waals surface area (Å²) in [5.41, 5.74) is 0. The van der Waals surface area contributed by atoms with Gasteiger partial charge in [0.2, 0.25) is 0 Å². The second kappa shape index (κ2) is 9.26. The summed E-state index contributed by atoms with van der Waals surface area (Å²) in [5.74, 6) is 0.163. The summed E-state index contributed by atoms with van der Waals surface area (Å²) in [6.45, 7) is 6.22. The maximum Gasteiger partial charge on any atom is 0.0545 e. The van der Waals surface area contributed by atoms with Gasteiger partial charge in [0.25, 0.3) is 0 Å². The molecule has 1 nitrogen and oxygen atoms in total. The molecule has 0 aromatic carbocycles. The molecule has 2 unspecified atom stereocenters. The quantitative estimate of drug-likeness (QED) is 0.441. The maximum atomic E-state index is 9.71. The summed E-state index contributed by atoms with van der Waals surface area (Å²) < 4.78 is 7.24. The van der Waals surface area contributed by atoms with Crippen LogP contribution in [0.1, 0.15) is 60.1 Å². The zero-order valence-corrected chi connectivity index (χ0v) is 9.54. The molecule has 0 spiro atoms. The molecule has 0 aliphatic heterocycles. The van der Waals surface area contributed by atoms with Crippen LogP contribution >= 0.6 is 0 Å². The van der Waals surface area contributed by atoms with Crippen molar-refractivity contribution < 1.29 is 6.48 Å². The minimum absolute atomic E-state index is 0.163. The highest BCUT2D eigenvalue weighted by atomic mass is 16.3. The van der Waals surface area contributed by atoms with E-state index in [1.807, 2.05) is 0 Å². The molecule has 0 saturated carbocycles.